The molecule has 0 saturated carbocycles. The maximum Gasteiger partial charge on any atom is 0.224 e. The molecule has 2 heterocycles. The molecule has 0 unspecified atom stereocenters. The maximum atomic E-state index is 12.0. The second-order valence-electron chi connectivity index (χ2n) is 4.91. The van der Waals surface area contributed by atoms with E-state index in [0.717, 1.165) is 37.2 Å². The van der Waals surface area contributed by atoms with Crippen molar-refractivity contribution in [2.75, 3.05) is 20.2 Å². The van der Waals surface area contributed by atoms with Crippen LogP contribution >= 0.6 is 0 Å². The van der Waals surface area contributed by atoms with E-state index in [-0.39, 0.29) is 11.6 Å². The number of methoxy groups -OCH3 is 1. The molecule has 2 aliphatic heterocycles. The number of nitrogens with zero attached hydrogens (tertiary/aromatic N) is 1. The molecule has 2 saturated heterocycles. The lowest BCUT2D eigenvalue weighted by molar-refractivity contribution is -0.133. The third-order valence-corrected chi connectivity index (χ3v) is 4.01. The highest BCUT2D eigenvalue weighted by atomic mass is 16.5. The Kier molecular flexibility index (Phi) is 2.74. The van der Waals surface area contributed by atoms with E-state index in [1.807, 2.05) is 17.0 Å². The largest absolute Gasteiger partial charge is 0.497 e. The topological polar surface area (TPSA) is 41.6 Å². The summed E-state index contributed by atoms with van der Waals surface area (Å²) in [5.41, 5.74) is 0.885. The Morgan fingerprint density at radius 2 is 2.11 bits per heavy atom. The van der Waals surface area contributed by atoms with Crippen LogP contribution in [-0.4, -0.2) is 31.0 Å². The predicted molar refractivity (Wildman–Crippen MR) is 68.2 cm³/mol. The first-order valence-electron chi connectivity index (χ1n) is 6.46. The number of amides is 1. The fourth-order valence-electron chi connectivity index (χ4n) is 3.07. The molecule has 0 radical (unpaired) electrons. The van der Waals surface area contributed by atoms with Gasteiger partial charge in [0.25, 0.3) is 0 Å². The van der Waals surface area contributed by atoms with E-state index in [2.05, 4.69) is 17.4 Å². The van der Waals surface area contributed by atoms with Gasteiger partial charge in [0.1, 0.15) is 11.4 Å². The molecule has 3 rings (SSSR count). The highest BCUT2D eigenvalue weighted by Gasteiger charge is 2.47. The molecule has 96 valence electrons. The molecule has 1 atom stereocenters. The van der Waals surface area contributed by atoms with Crippen molar-refractivity contribution in [3.63, 3.8) is 0 Å². The van der Waals surface area contributed by atoms with Gasteiger partial charge in [-0.25, -0.2) is 0 Å². The van der Waals surface area contributed by atoms with Gasteiger partial charge in [0.05, 0.1) is 7.11 Å². The first-order valence-corrected chi connectivity index (χ1v) is 6.46. The Labute approximate surface area is 107 Å². The highest BCUT2D eigenvalue weighted by molar-refractivity contribution is 5.80. The Morgan fingerprint density at radius 1 is 1.33 bits per heavy atom. The van der Waals surface area contributed by atoms with Crippen LogP contribution < -0.4 is 10.1 Å². The van der Waals surface area contributed by atoms with Crippen molar-refractivity contribution in [1.29, 1.82) is 0 Å². The normalized spacial score (nSPS) is 27.2. The average molecular weight is 246 g/mol. The summed E-state index contributed by atoms with van der Waals surface area (Å²) in [6.07, 6.45) is 2.53. The zero-order chi connectivity index (χ0) is 12.6. The number of benzene rings is 1. The van der Waals surface area contributed by atoms with Crippen LogP contribution in [0, 0.1) is 0 Å². The molecule has 1 aromatic rings. The monoisotopic (exact) mass is 246 g/mol. The van der Waals surface area contributed by atoms with Crippen LogP contribution in [0.5, 0.6) is 5.75 Å². The van der Waals surface area contributed by atoms with Gasteiger partial charge in [-0.3, -0.25) is 10.1 Å². The summed E-state index contributed by atoms with van der Waals surface area (Å²) in [6, 6.07) is 8.04. The number of carbonyl (C=O) groups is 1. The summed E-state index contributed by atoms with van der Waals surface area (Å²) in [4.78, 5) is 14.0. The van der Waals surface area contributed by atoms with Crippen LogP contribution in [0.15, 0.2) is 24.3 Å². The quantitative estimate of drug-likeness (QED) is 0.859. The number of ether oxygens (including phenoxy) is 1. The summed E-state index contributed by atoms with van der Waals surface area (Å²) in [7, 11) is 1.66. The highest BCUT2D eigenvalue weighted by Crippen LogP contribution is 2.39. The third kappa shape index (κ3) is 1.60. The standard InChI is InChI=1S/C14H18N2O2/c1-18-12-5-3-11(4-6-12)14-8-7-13(17)16(14)10-2-9-15-14/h3-6,15H,2,7-10H2,1H3/t14-/m1/s1. The predicted octanol–water partition coefficient (Wildman–Crippen LogP) is 1.46. The number of carbonyl (C=O) groups excluding carboxylic acids is 1. The molecule has 4 nitrogen and oxygen atoms in total. The van der Waals surface area contributed by atoms with Crippen molar-refractivity contribution < 1.29 is 9.53 Å². The lowest BCUT2D eigenvalue weighted by Crippen LogP contribution is -2.58. The van der Waals surface area contributed by atoms with Crippen molar-refractivity contribution in [2.45, 2.75) is 24.9 Å². The molecule has 0 aliphatic carbocycles. The first kappa shape index (κ1) is 11.5. The minimum Gasteiger partial charge on any atom is -0.497 e. The molecular formula is C14H18N2O2. The maximum absolute atomic E-state index is 12.0. The van der Waals surface area contributed by atoms with Gasteiger partial charge in [0.2, 0.25) is 5.91 Å². The minimum absolute atomic E-state index is 0.262. The van der Waals surface area contributed by atoms with Crippen LogP contribution in [-0.2, 0) is 10.5 Å². The Morgan fingerprint density at radius 3 is 2.83 bits per heavy atom. The van der Waals surface area contributed by atoms with Gasteiger partial charge >= 0.3 is 0 Å². The molecule has 1 N–H and O–H groups in total. The number of rotatable bonds is 2. The van der Waals surface area contributed by atoms with Crippen molar-refractivity contribution in [3.05, 3.63) is 29.8 Å². The number of hydrogen-bond donors (Lipinski definition) is 1. The average Bonchev–Trinajstić information content (AvgIpc) is 2.78. The smallest absolute Gasteiger partial charge is 0.224 e. The second-order valence-corrected chi connectivity index (χ2v) is 4.91. The summed E-state index contributed by atoms with van der Waals surface area (Å²) in [5, 5.41) is 3.54. The molecule has 0 spiro atoms. The van der Waals surface area contributed by atoms with Crippen LogP contribution in [0.25, 0.3) is 0 Å². The molecule has 2 aliphatic rings. The fourth-order valence-corrected chi connectivity index (χ4v) is 3.07. The molecule has 4 heteroatoms. The van der Waals surface area contributed by atoms with Crippen LogP contribution in [0.3, 0.4) is 0 Å². The van der Waals surface area contributed by atoms with Crippen molar-refractivity contribution in [3.8, 4) is 5.75 Å². The third-order valence-electron chi connectivity index (χ3n) is 4.01. The van der Waals surface area contributed by atoms with E-state index < -0.39 is 0 Å². The molecule has 2 fully saturated rings. The molecule has 1 aromatic carbocycles. The van der Waals surface area contributed by atoms with E-state index in [4.69, 9.17) is 4.74 Å². The second kappa shape index (κ2) is 4.28. The summed E-state index contributed by atoms with van der Waals surface area (Å²) in [6.45, 7) is 1.83. The summed E-state index contributed by atoms with van der Waals surface area (Å²) < 4.78 is 5.19. The van der Waals surface area contributed by atoms with Crippen LogP contribution in [0.1, 0.15) is 24.8 Å². The SMILES string of the molecule is COc1ccc([C@@]23CCC(=O)N2CCCN3)cc1. The number of hydrogen-bond acceptors (Lipinski definition) is 3. The molecule has 1 amide bonds. The Bertz CT molecular complexity index is 457. The molecular weight excluding hydrogens is 228 g/mol. The van der Waals surface area contributed by atoms with E-state index >= 15 is 0 Å². The van der Waals surface area contributed by atoms with Gasteiger partial charge in [0.15, 0.2) is 0 Å². The number of fused-ring (bicyclic) bond motifs is 1. The summed E-state index contributed by atoms with van der Waals surface area (Å²) >= 11 is 0. The Balaban J connectivity index is 1.98. The van der Waals surface area contributed by atoms with Crippen LogP contribution in [0.2, 0.25) is 0 Å². The zero-order valence-corrected chi connectivity index (χ0v) is 10.6. The summed E-state index contributed by atoms with van der Waals surface area (Å²) in [5.74, 6) is 1.11. The zero-order valence-electron chi connectivity index (χ0n) is 10.6. The van der Waals surface area contributed by atoms with E-state index in [9.17, 15) is 4.79 Å². The lowest BCUT2D eigenvalue weighted by atomic mass is 9.94. The molecule has 0 aromatic heterocycles. The van der Waals surface area contributed by atoms with Crippen molar-refractivity contribution >= 4 is 5.91 Å². The van der Waals surface area contributed by atoms with Gasteiger partial charge in [-0.2, -0.15) is 0 Å². The van der Waals surface area contributed by atoms with E-state index in [1.165, 1.54) is 0 Å². The van der Waals surface area contributed by atoms with Gasteiger partial charge in [-0.15, -0.1) is 0 Å². The fraction of sp³-hybridized carbons (Fsp3) is 0.500. The Hall–Kier alpha value is -1.55. The molecule has 0 bridgehead atoms. The number of nitrogens with one attached hydrogen (secondary N) is 1. The minimum atomic E-state index is -0.276. The van der Waals surface area contributed by atoms with Gasteiger partial charge in [-0.1, -0.05) is 12.1 Å². The molecule has 18 heavy (non-hydrogen) atoms. The van der Waals surface area contributed by atoms with Crippen molar-refractivity contribution in [2.24, 2.45) is 0 Å². The van der Waals surface area contributed by atoms with Crippen molar-refractivity contribution in [1.82, 2.24) is 10.2 Å². The van der Waals surface area contributed by atoms with Crippen LogP contribution in [0.4, 0.5) is 0 Å². The van der Waals surface area contributed by atoms with Gasteiger partial charge in [0, 0.05) is 13.0 Å². The lowest BCUT2D eigenvalue weighted by Gasteiger charge is -2.43. The van der Waals surface area contributed by atoms with E-state index in [0.29, 0.717) is 6.42 Å². The van der Waals surface area contributed by atoms with Gasteiger partial charge in [-0.05, 0) is 37.1 Å². The van der Waals surface area contributed by atoms with E-state index in [1.54, 1.807) is 7.11 Å². The first-order chi connectivity index (χ1) is 8.76. The van der Waals surface area contributed by atoms with Gasteiger partial charge < -0.3 is 9.64 Å².